The minimum Gasteiger partial charge on any atom is -0.386 e. The van der Waals surface area contributed by atoms with Gasteiger partial charge in [0.2, 0.25) is 5.91 Å². The van der Waals surface area contributed by atoms with Crippen LogP contribution in [0.5, 0.6) is 0 Å². The molecule has 1 aliphatic rings. The topological polar surface area (TPSA) is 95.9 Å². The van der Waals surface area contributed by atoms with E-state index in [1.165, 1.54) is 35.2 Å². The van der Waals surface area contributed by atoms with Crippen molar-refractivity contribution in [3.05, 3.63) is 95.6 Å². The molecule has 7 nitrogen and oxygen atoms in total. The van der Waals surface area contributed by atoms with E-state index in [4.69, 9.17) is 4.74 Å². The molecule has 1 heterocycles. The highest BCUT2D eigenvalue weighted by Crippen LogP contribution is 2.27. The lowest BCUT2D eigenvalue weighted by atomic mass is 9.99. The number of halogens is 2. The van der Waals surface area contributed by atoms with Crippen molar-refractivity contribution < 1.29 is 31.8 Å². The molecule has 0 saturated carbocycles. The second kappa shape index (κ2) is 9.88. The van der Waals surface area contributed by atoms with Crippen molar-refractivity contribution in [1.82, 2.24) is 4.90 Å². The average molecular weight is 489 g/mol. The first-order valence-corrected chi connectivity index (χ1v) is 11.9. The summed E-state index contributed by atoms with van der Waals surface area (Å²) in [6.45, 7) is -0.131. The van der Waals surface area contributed by atoms with E-state index < -0.39 is 33.8 Å². The van der Waals surface area contributed by atoms with Crippen LogP contribution in [0.1, 0.15) is 17.2 Å². The van der Waals surface area contributed by atoms with Gasteiger partial charge in [-0.25, -0.2) is 17.2 Å². The Balaban J connectivity index is 1.50. The van der Waals surface area contributed by atoms with Crippen molar-refractivity contribution in [3.63, 3.8) is 0 Å². The molecule has 0 spiro atoms. The van der Waals surface area contributed by atoms with Gasteiger partial charge in [-0.1, -0.05) is 30.3 Å². The van der Waals surface area contributed by atoms with Gasteiger partial charge in [-0.05, 0) is 48.0 Å². The molecule has 0 radical (unpaired) electrons. The number of rotatable bonds is 7. The molecule has 1 amide bonds. The number of aliphatic hydroxyl groups excluding tert-OH is 1. The third kappa shape index (κ3) is 5.24. The lowest BCUT2D eigenvalue weighted by molar-refractivity contribution is -0.155. The summed E-state index contributed by atoms with van der Waals surface area (Å²) in [5.41, 5.74) is 0.978. The smallest absolute Gasteiger partial charge is 0.261 e. The van der Waals surface area contributed by atoms with E-state index >= 15 is 0 Å². The van der Waals surface area contributed by atoms with E-state index in [0.717, 1.165) is 24.3 Å². The van der Waals surface area contributed by atoms with Crippen LogP contribution in [0.3, 0.4) is 0 Å². The Hall–Kier alpha value is -3.34. The van der Waals surface area contributed by atoms with E-state index in [1.807, 2.05) is 0 Å². The number of benzene rings is 3. The SMILES string of the molecule is O=C1COC[C@H]([C@H](O)c2ccc(NS(=O)(=O)c3ccc(F)cc3)cc2)N1Cc1ccccc1F. The molecule has 178 valence electrons. The number of ether oxygens (including phenoxy) is 1. The minimum absolute atomic E-state index is 0.0217. The van der Waals surface area contributed by atoms with Crippen molar-refractivity contribution in [2.24, 2.45) is 0 Å². The van der Waals surface area contributed by atoms with Crippen LogP contribution in [0.15, 0.2) is 77.7 Å². The lowest BCUT2D eigenvalue weighted by Gasteiger charge is -2.38. The predicted molar refractivity (Wildman–Crippen MR) is 120 cm³/mol. The molecule has 4 rings (SSSR count). The van der Waals surface area contributed by atoms with E-state index in [1.54, 1.807) is 18.2 Å². The van der Waals surface area contributed by atoms with Crippen molar-refractivity contribution in [2.75, 3.05) is 17.9 Å². The average Bonchev–Trinajstić information content (AvgIpc) is 2.82. The van der Waals surface area contributed by atoms with Crippen LogP contribution in [0, 0.1) is 11.6 Å². The molecule has 3 aromatic carbocycles. The summed E-state index contributed by atoms with van der Waals surface area (Å²) in [5.74, 6) is -1.37. The zero-order chi connectivity index (χ0) is 24.3. The molecule has 0 bridgehead atoms. The number of morpholine rings is 1. The summed E-state index contributed by atoms with van der Waals surface area (Å²) in [5, 5.41) is 11.0. The summed E-state index contributed by atoms with van der Waals surface area (Å²) in [6.07, 6.45) is -1.15. The van der Waals surface area contributed by atoms with Crippen molar-refractivity contribution >= 4 is 21.6 Å². The monoisotopic (exact) mass is 488 g/mol. The van der Waals surface area contributed by atoms with Gasteiger partial charge in [0.25, 0.3) is 10.0 Å². The fourth-order valence-corrected chi connectivity index (χ4v) is 4.76. The Kier molecular flexibility index (Phi) is 6.92. The number of aliphatic hydroxyl groups is 1. The number of sulfonamides is 1. The second-order valence-electron chi connectivity index (χ2n) is 7.82. The third-order valence-corrected chi connectivity index (χ3v) is 6.92. The Labute approximate surface area is 195 Å². The van der Waals surface area contributed by atoms with Crippen LogP contribution in [0.2, 0.25) is 0 Å². The number of anilines is 1. The maximum absolute atomic E-state index is 14.1. The highest BCUT2D eigenvalue weighted by Gasteiger charge is 2.35. The molecule has 0 unspecified atom stereocenters. The number of carbonyl (C=O) groups excluding carboxylic acids is 1. The first-order valence-electron chi connectivity index (χ1n) is 10.4. The number of amides is 1. The molecule has 2 atom stereocenters. The van der Waals surface area contributed by atoms with Crippen LogP contribution >= 0.6 is 0 Å². The Bertz CT molecular complexity index is 1270. The van der Waals surface area contributed by atoms with E-state index in [-0.39, 0.29) is 36.2 Å². The van der Waals surface area contributed by atoms with Gasteiger partial charge < -0.3 is 14.7 Å². The number of carbonyl (C=O) groups is 1. The first kappa shape index (κ1) is 23.8. The van der Waals surface area contributed by atoms with Gasteiger partial charge in [-0.3, -0.25) is 9.52 Å². The fourth-order valence-electron chi connectivity index (χ4n) is 3.70. The summed E-state index contributed by atoms with van der Waals surface area (Å²) < 4.78 is 59.9. The van der Waals surface area contributed by atoms with E-state index in [0.29, 0.717) is 11.1 Å². The summed E-state index contributed by atoms with van der Waals surface area (Å²) in [4.78, 5) is 13.8. The predicted octanol–water partition coefficient (Wildman–Crippen LogP) is 3.23. The number of hydrogen-bond donors (Lipinski definition) is 2. The molecule has 0 aromatic heterocycles. The van der Waals surface area contributed by atoms with Crippen LogP contribution in [0.4, 0.5) is 14.5 Å². The Morgan fingerprint density at radius 3 is 2.38 bits per heavy atom. The zero-order valence-corrected chi connectivity index (χ0v) is 18.7. The van der Waals surface area contributed by atoms with Gasteiger partial charge in [0.05, 0.1) is 17.5 Å². The maximum atomic E-state index is 14.1. The first-order chi connectivity index (χ1) is 16.2. The third-order valence-electron chi connectivity index (χ3n) is 5.53. The summed E-state index contributed by atoms with van der Waals surface area (Å²) >= 11 is 0. The lowest BCUT2D eigenvalue weighted by Crippen LogP contribution is -2.51. The number of nitrogens with zero attached hydrogens (tertiary/aromatic N) is 1. The van der Waals surface area contributed by atoms with Gasteiger partial charge in [0.1, 0.15) is 24.3 Å². The van der Waals surface area contributed by atoms with Gasteiger partial charge in [0.15, 0.2) is 0 Å². The molecule has 3 aromatic rings. The largest absolute Gasteiger partial charge is 0.386 e. The molecule has 2 N–H and O–H groups in total. The van der Waals surface area contributed by atoms with Crippen LogP contribution in [0.25, 0.3) is 0 Å². The van der Waals surface area contributed by atoms with Crippen LogP contribution in [-0.2, 0) is 26.1 Å². The quantitative estimate of drug-likeness (QED) is 0.533. The van der Waals surface area contributed by atoms with Gasteiger partial charge in [-0.15, -0.1) is 0 Å². The molecule has 34 heavy (non-hydrogen) atoms. The molecule has 1 fully saturated rings. The van der Waals surface area contributed by atoms with Crippen molar-refractivity contribution in [3.8, 4) is 0 Å². The highest BCUT2D eigenvalue weighted by atomic mass is 32.2. The molecular weight excluding hydrogens is 466 g/mol. The Morgan fingerprint density at radius 1 is 1.03 bits per heavy atom. The molecule has 1 saturated heterocycles. The van der Waals surface area contributed by atoms with Crippen molar-refractivity contribution in [1.29, 1.82) is 0 Å². The van der Waals surface area contributed by atoms with E-state index in [2.05, 4.69) is 4.72 Å². The molecule has 10 heteroatoms. The second-order valence-corrected chi connectivity index (χ2v) is 9.50. The molecule has 0 aliphatic carbocycles. The Morgan fingerprint density at radius 2 is 1.71 bits per heavy atom. The van der Waals surface area contributed by atoms with Crippen LogP contribution < -0.4 is 4.72 Å². The molecular formula is C24H22F2N2O5S. The summed E-state index contributed by atoms with van der Waals surface area (Å²) in [6, 6.07) is 15.7. The van der Waals surface area contributed by atoms with Gasteiger partial charge in [0, 0.05) is 17.8 Å². The fraction of sp³-hybridized carbons (Fsp3) is 0.208. The number of hydrogen-bond acceptors (Lipinski definition) is 5. The summed E-state index contributed by atoms with van der Waals surface area (Å²) in [7, 11) is -3.93. The zero-order valence-electron chi connectivity index (χ0n) is 17.9. The van der Waals surface area contributed by atoms with Crippen molar-refractivity contribution in [2.45, 2.75) is 23.6 Å². The van der Waals surface area contributed by atoms with Gasteiger partial charge >= 0.3 is 0 Å². The minimum atomic E-state index is -3.93. The molecule has 1 aliphatic heterocycles. The van der Waals surface area contributed by atoms with Gasteiger partial charge in [-0.2, -0.15) is 0 Å². The normalized spacial score (nSPS) is 17.4. The standard InChI is InChI=1S/C24H22F2N2O5S/c25-18-7-11-20(12-8-18)34(31,32)27-19-9-5-16(6-10-19)24(30)22-14-33-15-23(29)28(22)13-17-3-1-2-4-21(17)26/h1-12,22,24,27,30H,13-15H2/t22-,24-/m1/s1. The number of nitrogens with one attached hydrogen (secondary N) is 1. The van der Waals surface area contributed by atoms with Crippen LogP contribution in [-0.4, -0.2) is 43.6 Å². The highest BCUT2D eigenvalue weighted by molar-refractivity contribution is 7.92. The van der Waals surface area contributed by atoms with E-state index in [9.17, 15) is 27.1 Å². The maximum Gasteiger partial charge on any atom is 0.261 e.